The number of alkyl carbamates (subject to hydrolysis) is 1. The summed E-state index contributed by atoms with van der Waals surface area (Å²) < 4.78 is 10.3. The van der Waals surface area contributed by atoms with Gasteiger partial charge in [-0.3, -0.25) is 0 Å². The van der Waals surface area contributed by atoms with E-state index < -0.39 is 29.1 Å². The third-order valence-corrected chi connectivity index (χ3v) is 5.07. The van der Waals surface area contributed by atoms with Crippen molar-refractivity contribution in [2.24, 2.45) is 5.41 Å². The van der Waals surface area contributed by atoms with Gasteiger partial charge in [0.2, 0.25) is 0 Å². The molecule has 0 unspecified atom stereocenters. The molecule has 0 saturated carbocycles. The van der Waals surface area contributed by atoms with Crippen molar-refractivity contribution in [3.63, 3.8) is 0 Å². The van der Waals surface area contributed by atoms with Gasteiger partial charge in [-0.05, 0) is 43.9 Å². The Morgan fingerprint density at radius 1 is 1.15 bits per heavy atom. The minimum Gasteiger partial charge on any atom is -0.548 e. The fourth-order valence-electron chi connectivity index (χ4n) is 2.24. The van der Waals surface area contributed by atoms with Crippen LogP contribution in [0.25, 0.3) is 0 Å². The number of carbonyl (C=O) groups excluding carboxylic acids is 2. The first-order chi connectivity index (χ1) is 11.9. The number of hydrogen-bond donors (Lipinski definition) is 1. The quantitative estimate of drug-likeness (QED) is 0.744. The lowest BCUT2D eigenvalue weighted by Gasteiger charge is -2.35. The van der Waals surface area contributed by atoms with E-state index in [2.05, 4.69) is 5.32 Å². The third-order valence-electron chi connectivity index (χ3n) is 3.58. The van der Waals surface area contributed by atoms with Crippen LogP contribution in [-0.4, -0.2) is 36.6 Å². The molecule has 0 spiro atoms. The van der Waals surface area contributed by atoms with Crippen molar-refractivity contribution in [3.05, 3.63) is 29.8 Å². The number of methoxy groups -OCH3 is 1. The minimum absolute atomic E-state index is 0.521. The lowest BCUT2D eigenvalue weighted by Crippen LogP contribution is -2.57. The first-order valence-electron chi connectivity index (χ1n) is 8.35. The Morgan fingerprint density at radius 3 is 2.19 bits per heavy atom. The van der Waals surface area contributed by atoms with Gasteiger partial charge in [-0.1, -0.05) is 26.0 Å². The highest BCUT2D eigenvalue weighted by Gasteiger charge is 2.33. The number of benzene rings is 1. The van der Waals surface area contributed by atoms with Gasteiger partial charge in [-0.2, -0.15) is 11.8 Å². The summed E-state index contributed by atoms with van der Waals surface area (Å²) in [7, 11) is 1.62. The molecule has 1 N–H and O–H groups in total. The smallest absolute Gasteiger partial charge is 0.408 e. The van der Waals surface area contributed by atoms with Gasteiger partial charge in [0.15, 0.2) is 0 Å². The summed E-state index contributed by atoms with van der Waals surface area (Å²) in [6.07, 6.45) is -0.764. The van der Waals surface area contributed by atoms with E-state index in [1.807, 2.05) is 24.3 Å². The van der Waals surface area contributed by atoms with E-state index in [1.54, 1.807) is 53.5 Å². The molecule has 26 heavy (non-hydrogen) atoms. The van der Waals surface area contributed by atoms with Crippen molar-refractivity contribution >= 4 is 23.8 Å². The molecular formula is C19H28NO5S-. The van der Waals surface area contributed by atoms with E-state index in [9.17, 15) is 14.7 Å². The molecule has 146 valence electrons. The maximum Gasteiger partial charge on any atom is 0.408 e. The lowest BCUT2D eigenvalue weighted by molar-refractivity contribution is -0.310. The van der Waals surface area contributed by atoms with Gasteiger partial charge >= 0.3 is 6.09 Å². The van der Waals surface area contributed by atoms with Crippen LogP contribution in [0.1, 0.15) is 40.2 Å². The summed E-state index contributed by atoms with van der Waals surface area (Å²) in [5.41, 5.74) is -0.308. The Balaban J connectivity index is 2.64. The maximum atomic E-state index is 11.9. The average molecular weight is 383 g/mol. The van der Waals surface area contributed by atoms with Gasteiger partial charge in [0, 0.05) is 11.5 Å². The Kier molecular flexibility index (Phi) is 7.81. The summed E-state index contributed by atoms with van der Waals surface area (Å²) >= 11 is 1.59. The van der Waals surface area contributed by atoms with E-state index in [-0.39, 0.29) is 0 Å². The summed E-state index contributed by atoms with van der Waals surface area (Å²) in [4.78, 5) is 23.5. The topological polar surface area (TPSA) is 87.7 Å². The highest BCUT2D eigenvalue weighted by atomic mass is 32.2. The number of amides is 1. The molecule has 0 fully saturated rings. The molecule has 0 bridgehead atoms. The molecular weight excluding hydrogens is 354 g/mol. The van der Waals surface area contributed by atoms with Crippen molar-refractivity contribution in [2.45, 2.75) is 52.0 Å². The molecule has 0 aliphatic carbocycles. The SMILES string of the molecule is COc1ccc(CSCC(C)(C)[C@H](NC(=O)OC(C)(C)C)C(=O)[O-])cc1. The number of nitrogens with one attached hydrogen (secondary N) is 1. The van der Waals surface area contributed by atoms with Gasteiger partial charge < -0.3 is 24.7 Å². The monoisotopic (exact) mass is 382 g/mol. The van der Waals surface area contributed by atoms with Gasteiger partial charge in [-0.15, -0.1) is 0 Å². The Morgan fingerprint density at radius 2 is 1.73 bits per heavy atom. The second-order valence-corrected chi connectivity index (χ2v) is 8.71. The van der Waals surface area contributed by atoms with Crippen LogP contribution in [0.15, 0.2) is 24.3 Å². The molecule has 1 atom stereocenters. The number of carbonyl (C=O) groups is 2. The number of rotatable bonds is 8. The first kappa shape index (κ1) is 22.2. The Hall–Kier alpha value is -1.89. The average Bonchev–Trinajstić information content (AvgIpc) is 2.51. The molecule has 6 nitrogen and oxygen atoms in total. The zero-order valence-electron chi connectivity index (χ0n) is 16.3. The van der Waals surface area contributed by atoms with Crippen LogP contribution in [0.2, 0.25) is 0 Å². The lowest BCUT2D eigenvalue weighted by atomic mass is 9.86. The van der Waals surface area contributed by atoms with Crippen LogP contribution < -0.4 is 15.2 Å². The van der Waals surface area contributed by atoms with Crippen molar-refractivity contribution < 1.29 is 24.2 Å². The summed E-state index contributed by atoms with van der Waals surface area (Å²) in [5.74, 6) is 0.705. The normalized spacial score (nSPS) is 13.0. The molecule has 1 aromatic rings. The molecule has 1 amide bonds. The summed E-state index contributed by atoms with van der Waals surface area (Å²) in [5, 5.41) is 14.0. The van der Waals surface area contributed by atoms with Crippen LogP contribution in [0, 0.1) is 5.41 Å². The number of thioether (sulfide) groups is 1. The third kappa shape index (κ3) is 7.56. The highest BCUT2D eigenvalue weighted by molar-refractivity contribution is 7.98. The van der Waals surface area contributed by atoms with E-state index >= 15 is 0 Å². The largest absolute Gasteiger partial charge is 0.548 e. The van der Waals surface area contributed by atoms with Crippen molar-refractivity contribution in [1.82, 2.24) is 5.32 Å². The molecule has 0 aliphatic rings. The molecule has 0 aliphatic heterocycles. The molecule has 0 saturated heterocycles. The number of aliphatic carboxylic acids is 1. The van der Waals surface area contributed by atoms with E-state index in [0.717, 1.165) is 17.1 Å². The standard InChI is InChI=1S/C19H29NO5S/c1-18(2,3)25-17(23)20-15(16(21)22)19(4,5)12-26-11-13-7-9-14(24-6)10-8-13/h7-10,15H,11-12H2,1-6H3,(H,20,23)(H,21,22)/p-1/t15-/m1/s1. The second kappa shape index (κ2) is 9.16. The maximum absolute atomic E-state index is 11.9. The van der Waals surface area contributed by atoms with Crippen LogP contribution >= 0.6 is 11.8 Å². The molecule has 1 aromatic carbocycles. The molecule has 1 rings (SSSR count). The number of ether oxygens (including phenoxy) is 2. The second-order valence-electron chi connectivity index (χ2n) is 7.73. The molecule has 7 heteroatoms. The van der Waals surface area contributed by atoms with E-state index in [4.69, 9.17) is 9.47 Å². The molecule has 0 radical (unpaired) electrons. The Bertz CT molecular complexity index is 607. The van der Waals surface area contributed by atoms with Crippen molar-refractivity contribution in [2.75, 3.05) is 12.9 Å². The predicted octanol–water partition coefficient (Wildman–Crippen LogP) is 2.60. The Labute approximate surface area is 159 Å². The molecule has 0 heterocycles. The number of carboxylic acid groups (broad SMARTS) is 1. The summed E-state index contributed by atoms with van der Waals surface area (Å²) in [6.45, 7) is 8.72. The van der Waals surface area contributed by atoms with Gasteiger partial charge in [0.05, 0.1) is 19.1 Å². The number of hydrogen-bond acceptors (Lipinski definition) is 6. The summed E-state index contributed by atoms with van der Waals surface area (Å²) in [6, 6.07) is 6.55. The minimum atomic E-state index is -1.33. The van der Waals surface area contributed by atoms with E-state index in [0.29, 0.717) is 5.75 Å². The predicted molar refractivity (Wildman–Crippen MR) is 101 cm³/mol. The highest BCUT2D eigenvalue weighted by Crippen LogP contribution is 2.28. The van der Waals surface area contributed by atoms with Gasteiger partial charge in [0.1, 0.15) is 11.4 Å². The van der Waals surface area contributed by atoms with Gasteiger partial charge in [0.25, 0.3) is 0 Å². The van der Waals surface area contributed by atoms with Crippen molar-refractivity contribution in [3.8, 4) is 5.75 Å². The van der Waals surface area contributed by atoms with Crippen molar-refractivity contribution in [1.29, 1.82) is 0 Å². The fourth-order valence-corrected chi connectivity index (χ4v) is 3.46. The fraction of sp³-hybridized carbons (Fsp3) is 0.579. The number of carboxylic acids is 1. The first-order valence-corrected chi connectivity index (χ1v) is 9.51. The van der Waals surface area contributed by atoms with E-state index in [1.165, 1.54) is 0 Å². The van der Waals surface area contributed by atoms with Gasteiger partial charge in [-0.25, -0.2) is 4.79 Å². The van der Waals surface area contributed by atoms with Crippen LogP contribution in [-0.2, 0) is 15.3 Å². The van der Waals surface area contributed by atoms with Crippen LogP contribution in [0.3, 0.4) is 0 Å². The molecule has 0 aromatic heterocycles. The zero-order chi connectivity index (χ0) is 20.0. The zero-order valence-corrected chi connectivity index (χ0v) is 17.1. The van der Waals surface area contributed by atoms with Crippen LogP contribution in [0.5, 0.6) is 5.75 Å². The van der Waals surface area contributed by atoms with Crippen LogP contribution in [0.4, 0.5) is 4.79 Å².